The van der Waals surface area contributed by atoms with Crippen LogP contribution in [0.2, 0.25) is 0 Å². The van der Waals surface area contributed by atoms with E-state index < -0.39 is 0 Å². The Morgan fingerprint density at radius 1 is 0.968 bits per heavy atom. The average Bonchev–Trinajstić information content (AvgIpc) is 2.76. The third-order valence-corrected chi connectivity index (χ3v) is 6.11. The van der Waals surface area contributed by atoms with Crippen molar-refractivity contribution < 1.29 is 9.59 Å². The molecule has 31 heavy (non-hydrogen) atoms. The van der Waals surface area contributed by atoms with Gasteiger partial charge in [0.15, 0.2) is 0 Å². The van der Waals surface area contributed by atoms with Crippen LogP contribution in [0, 0.1) is 5.92 Å². The third kappa shape index (κ3) is 6.68. The molecule has 4 heteroatoms. The number of piperidine rings is 1. The Labute approximate surface area is 187 Å². The fraction of sp³-hybridized carbons (Fsp3) is 0.481. The smallest absolute Gasteiger partial charge is 0.230 e. The van der Waals surface area contributed by atoms with Crippen LogP contribution in [0.4, 0.5) is 0 Å². The van der Waals surface area contributed by atoms with Gasteiger partial charge in [-0.25, -0.2) is 0 Å². The van der Waals surface area contributed by atoms with Crippen molar-refractivity contribution in [3.63, 3.8) is 0 Å². The van der Waals surface area contributed by atoms with E-state index in [-0.39, 0.29) is 23.8 Å². The number of amides is 2. The maximum Gasteiger partial charge on any atom is 0.230 e. The topological polar surface area (TPSA) is 49.4 Å². The number of nitrogens with one attached hydrogen (secondary N) is 1. The second kappa shape index (κ2) is 11.1. The van der Waals surface area contributed by atoms with Crippen LogP contribution >= 0.6 is 0 Å². The number of hydrogen-bond acceptors (Lipinski definition) is 2. The molecule has 2 amide bonds. The van der Waals surface area contributed by atoms with Gasteiger partial charge in [0.2, 0.25) is 11.8 Å². The van der Waals surface area contributed by atoms with Crippen molar-refractivity contribution in [2.24, 2.45) is 5.92 Å². The highest BCUT2D eigenvalue weighted by atomic mass is 16.2. The number of rotatable bonds is 8. The van der Waals surface area contributed by atoms with E-state index in [1.807, 2.05) is 35.2 Å². The van der Waals surface area contributed by atoms with Crippen LogP contribution in [-0.2, 0) is 22.4 Å². The fourth-order valence-corrected chi connectivity index (χ4v) is 4.43. The molecule has 1 heterocycles. The normalized spacial score (nSPS) is 15.7. The molecule has 0 radical (unpaired) electrons. The molecule has 3 rings (SSSR count). The molecule has 1 N–H and O–H groups in total. The lowest BCUT2D eigenvalue weighted by atomic mass is 9.93. The van der Waals surface area contributed by atoms with E-state index in [1.165, 1.54) is 5.56 Å². The Balaban J connectivity index is 1.46. The van der Waals surface area contributed by atoms with Gasteiger partial charge >= 0.3 is 0 Å². The van der Waals surface area contributed by atoms with Gasteiger partial charge in [0.25, 0.3) is 0 Å². The molecular formula is C27H36N2O2. The van der Waals surface area contributed by atoms with Crippen molar-refractivity contribution >= 4 is 11.8 Å². The fourth-order valence-electron chi connectivity index (χ4n) is 4.43. The van der Waals surface area contributed by atoms with Gasteiger partial charge in [-0.3, -0.25) is 9.59 Å². The lowest BCUT2D eigenvalue weighted by Crippen LogP contribution is -2.48. The van der Waals surface area contributed by atoms with E-state index in [9.17, 15) is 9.59 Å². The molecule has 0 aromatic heterocycles. The zero-order valence-corrected chi connectivity index (χ0v) is 19.1. The Bertz CT molecular complexity index is 837. The quantitative estimate of drug-likeness (QED) is 0.671. The summed E-state index contributed by atoms with van der Waals surface area (Å²) in [7, 11) is 0. The Hall–Kier alpha value is -2.62. The van der Waals surface area contributed by atoms with Crippen molar-refractivity contribution in [1.82, 2.24) is 10.2 Å². The van der Waals surface area contributed by atoms with E-state index in [1.54, 1.807) is 0 Å². The van der Waals surface area contributed by atoms with Crippen molar-refractivity contribution in [1.29, 1.82) is 0 Å². The molecule has 1 aliphatic rings. The summed E-state index contributed by atoms with van der Waals surface area (Å²) in [4.78, 5) is 27.5. The van der Waals surface area contributed by atoms with Crippen LogP contribution in [0.25, 0.3) is 0 Å². The molecule has 4 nitrogen and oxygen atoms in total. The van der Waals surface area contributed by atoms with Crippen LogP contribution in [0.1, 0.15) is 62.6 Å². The second-order valence-electron chi connectivity index (χ2n) is 9.13. The largest absolute Gasteiger partial charge is 0.353 e. The summed E-state index contributed by atoms with van der Waals surface area (Å²) in [5.41, 5.74) is 3.45. The van der Waals surface area contributed by atoms with Crippen LogP contribution < -0.4 is 5.32 Å². The zero-order valence-electron chi connectivity index (χ0n) is 19.1. The molecule has 166 valence electrons. The Morgan fingerprint density at radius 2 is 1.58 bits per heavy atom. The summed E-state index contributed by atoms with van der Waals surface area (Å²) in [6.45, 7) is 7.90. The molecular weight excluding hydrogens is 384 g/mol. The average molecular weight is 421 g/mol. The van der Waals surface area contributed by atoms with Gasteiger partial charge in [-0.05, 0) is 48.3 Å². The van der Waals surface area contributed by atoms with Crippen LogP contribution in [0.5, 0.6) is 0 Å². The van der Waals surface area contributed by atoms with Gasteiger partial charge in [0, 0.05) is 19.1 Å². The van der Waals surface area contributed by atoms with Gasteiger partial charge in [0.05, 0.1) is 12.3 Å². The number of likely N-dealkylation sites (tertiary alicyclic amines) is 1. The van der Waals surface area contributed by atoms with E-state index in [0.717, 1.165) is 36.8 Å². The summed E-state index contributed by atoms with van der Waals surface area (Å²) in [5, 5.41) is 3.17. The first kappa shape index (κ1) is 23.1. The summed E-state index contributed by atoms with van der Waals surface area (Å²) < 4.78 is 0. The van der Waals surface area contributed by atoms with Crippen LogP contribution in [-0.4, -0.2) is 35.8 Å². The van der Waals surface area contributed by atoms with Crippen molar-refractivity contribution in [3.8, 4) is 0 Å². The van der Waals surface area contributed by atoms with Crippen molar-refractivity contribution in [2.75, 3.05) is 13.1 Å². The molecule has 2 aromatic carbocycles. The lowest BCUT2D eigenvalue weighted by Gasteiger charge is -2.34. The molecule has 1 atom stereocenters. The van der Waals surface area contributed by atoms with Gasteiger partial charge < -0.3 is 10.2 Å². The predicted molar refractivity (Wildman–Crippen MR) is 126 cm³/mol. The highest BCUT2D eigenvalue weighted by molar-refractivity contribution is 5.84. The van der Waals surface area contributed by atoms with Gasteiger partial charge in [-0.1, -0.05) is 75.4 Å². The first-order valence-electron chi connectivity index (χ1n) is 11.7. The van der Waals surface area contributed by atoms with E-state index in [0.29, 0.717) is 25.4 Å². The van der Waals surface area contributed by atoms with Gasteiger partial charge in [0.1, 0.15) is 0 Å². The van der Waals surface area contributed by atoms with E-state index >= 15 is 0 Å². The molecule has 1 aliphatic heterocycles. The SMILES string of the molecule is CCC(C(=O)N1CCC(NC(=O)Cc2ccc(CC(C)C)cc2)CC1)c1ccccc1. The number of carbonyl (C=O) groups is 2. The molecule has 1 unspecified atom stereocenters. The molecule has 1 fully saturated rings. The summed E-state index contributed by atoms with van der Waals surface area (Å²) >= 11 is 0. The lowest BCUT2D eigenvalue weighted by molar-refractivity contribution is -0.134. The monoisotopic (exact) mass is 420 g/mol. The molecule has 2 aromatic rings. The first-order chi connectivity index (χ1) is 15.0. The number of hydrogen-bond donors (Lipinski definition) is 1. The van der Waals surface area contributed by atoms with E-state index in [2.05, 4.69) is 50.4 Å². The molecule has 0 saturated carbocycles. The standard InChI is InChI=1S/C27H36N2O2/c1-4-25(23-8-6-5-7-9-23)27(31)29-16-14-24(15-17-29)28-26(30)19-22-12-10-21(11-13-22)18-20(2)3/h5-13,20,24-25H,4,14-19H2,1-3H3,(H,28,30). The van der Waals surface area contributed by atoms with Crippen LogP contribution in [0.15, 0.2) is 54.6 Å². The minimum Gasteiger partial charge on any atom is -0.353 e. The summed E-state index contributed by atoms with van der Waals surface area (Å²) in [6, 6.07) is 18.6. The van der Waals surface area contributed by atoms with Gasteiger partial charge in [-0.2, -0.15) is 0 Å². The maximum atomic E-state index is 13.0. The highest BCUT2D eigenvalue weighted by Gasteiger charge is 2.28. The minimum absolute atomic E-state index is 0.0668. The maximum absolute atomic E-state index is 13.0. The number of benzene rings is 2. The number of carbonyl (C=O) groups excluding carboxylic acids is 2. The molecule has 1 saturated heterocycles. The molecule has 0 aliphatic carbocycles. The number of nitrogens with zero attached hydrogens (tertiary/aromatic N) is 1. The van der Waals surface area contributed by atoms with Gasteiger partial charge in [-0.15, -0.1) is 0 Å². The highest BCUT2D eigenvalue weighted by Crippen LogP contribution is 2.24. The Kier molecular flexibility index (Phi) is 8.27. The summed E-state index contributed by atoms with van der Waals surface area (Å²) in [5.74, 6) is 0.829. The zero-order chi connectivity index (χ0) is 22.2. The minimum atomic E-state index is -0.0778. The third-order valence-electron chi connectivity index (χ3n) is 6.11. The molecule has 0 spiro atoms. The Morgan fingerprint density at radius 3 is 2.16 bits per heavy atom. The second-order valence-corrected chi connectivity index (χ2v) is 9.13. The summed E-state index contributed by atoms with van der Waals surface area (Å²) in [6.07, 6.45) is 3.90. The molecule has 0 bridgehead atoms. The predicted octanol–water partition coefficient (Wildman–Crippen LogP) is 4.73. The van der Waals surface area contributed by atoms with Crippen molar-refractivity contribution in [2.45, 2.75) is 64.8 Å². The van der Waals surface area contributed by atoms with Crippen molar-refractivity contribution in [3.05, 3.63) is 71.3 Å². The first-order valence-corrected chi connectivity index (χ1v) is 11.7. The van der Waals surface area contributed by atoms with Crippen LogP contribution in [0.3, 0.4) is 0 Å². The van der Waals surface area contributed by atoms with E-state index in [4.69, 9.17) is 0 Å².